The second kappa shape index (κ2) is 8.21. The van der Waals surface area contributed by atoms with Crippen LogP contribution in [0.25, 0.3) is 0 Å². The third kappa shape index (κ3) is 5.09. The molecular formula is C14H23N3O2S. The Labute approximate surface area is 124 Å². The predicted octanol–water partition coefficient (Wildman–Crippen LogP) is 2.20. The molecule has 1 aromatic heterocycles. The van der Waals surface area contributed by atoms with Gasteiger partial charge in [-0.05, 0) is 39.3 Å². The van der Waals surface area contributed by atoms with Gasteiger partial charge in [-0.1, -0.05) is 18.2 Å². The van der Waals surface area contributed by atoms with Gasteiger partial charge < -0.3 is 10.1 Å². The molecule has 0 radical (unpaired) electrons. The minimum Gasteiger partial charge on any atom is -0.468 e. The van der Waals surface area contributed by atoms with Crippen molar-refractivity contribution >= 4 is 17.7 Å². The van der Waals surface area contributed by atoms with Gasteiger partial charge in [0, 0.05) is 18.1 Å². The van der Waals surface area contributed by atoms with Crippen LogP contribution in [-0.2, 0) is 9.53 Å². The van der Waals surface area contributed by atoms with Crippen LogP contribution >= 0.6 is 11.8 Å². The normalized spacial score (nSPS) is 13.8. The molecule has 0 bridgehead atoms. The largest absolute Gasteiger partial charge is 0.468 e. The highest BCUT2D eigenvalue weighted by atomic mass is 32.2. The van der Waals surface area contributed by atoms with E-state index in [0.29, 0.717) is 0 Å². The Morgan fingerprint density at radius 2 is 2.05 bits per heavy atom. The van der Waals surface area contributed by atoms with Crippen molar-refractivity contribution in [2.75, 3.05) is 19.9 Å². The monoisotopic (exact) mass is 297 g/mol. The minimum atomic E-state index is -0.597. The second-order valence-electron chi connectivity index (χ2n) is 4.92. The molecule has 0 aliphatic rings. The fraction of sp³-hybridized carbons (Fsp3) is 0.643. The second-order valence-corrected chi connectivity index (χ2v) is 5.98. The third-order valence-electron chi connectivity index (χ3n) is 3.25. The molecule has 112 valence electrons. The van der Waals surface area contributed by atoms with E-state index in [4.69, 9.17) is 4.74 Å². The number of carbonyl (C=O) groups excluding carboxylic acids is 1. The number of unbranched alkanes of at least 4 members (excludes halogenated alkanes) is 1. The molecule has 5 nitrogen and oxygen atoms in total. The van der Waals surface area contributed by atoms with Gasteiger partial charge in [-0.25, -0.2) is 9.97 Å². The van der Waals surface area contributed by atoms with E-state index in [1.165, 1.54) is 7.11 Å². The highest BCUT2D eigenvalue weighted by molar-refractivity contribution is 7.99. The smallest absolute Gasteiger partial charge is 0.325 e. The molecule has 0 saturated heterocycles. The highest BCUT2D eigenvalue weighted by Crippen LogP contribution is 2.19. The predicted molar refractivity (Wildman–Crippen MR) is 80.8 cm³/mol. The van der Waals surface area contributed by atoms with Gasteiger partial charge in [-0.15, -0.1) is 0 Å². The van der Waals surface area contributed by atoms with Crippen LogP contribution in [0.1, 0.15) is 31.7 Å². The van der Waals surface area contributed by atoms with E-state index in [0.717, 1.165) is 35.7 Å². The summed E-state index contributed by atoms with van der Waals surface area (Å²) in [7, 11) is 3.20. The summed E-state index contributed by atoms with van der Waals surface area (Å²) < 4.78 is 4.82. The van der Waals surface area contributed by atoms with Crippen molar-refractivity contribution in [1.29, 1.82) is 0 Å². The van der Waals surface area contributed by atoms with E-state index in [9.17, 15) is 4.79 Å². The lowest BCUT2D eigenvalue weighted by Gasteiger charge is -2.25. The minimum absolute atomic E-state index is 0.213. The summed E-state index contributed by atoms with van der Waals surface area (Å²) in [6.07, 6.45) is 6.36. The van der Waals surface area contributed by atoms with Crippen molar-refractivity contribution in [2.24, 2.45) is 0 Å². The molecule has 1 unspecified atom stereocenters. The zero-order valence-corrected chi connectivity index (χ0v) is 13.4. The van der Waals surface area contributed by atoms with Crippen LogP contribution in [0.5, 0.6) is 0 Å². The number of nitrogens with one attached hydrogen (secondary N) is 1. The maximum absolute atomic E-state index is 11.7. The zero-order chi connectivity index (χ0) is 15.0. The summed E-state index contributed by atoms with van der Waals surface area (Å²) in [5.74, 6) is 0.735. The first-order valence-corrected chi connectivity index (χ1v) is 7.69. The SMILES string of the molecule is CNC(C)(CCCCSc1ncc(C)cn1)C(=O)OC. The van der Waals surface area contributed by atoms with Crippen molar-refractivity contribution in [3.05, 3.63) is 18.0 Å². The van der Waals surface area contributed by atoms with E-state index >= 15 is 0 Å². The third-order valence-corrected chi connectivity index (χ3v) is 4.21. The number of rotatable bonds is 8. The lowest BCUT2D eigenvalue weighted by molar-refractivity contribution is -0.148. The number of thioether (sulfide) groups is 1. The Morgan fingerprint density at radius 3 is 2.60 bits per heavy atom. The lowest BCUT2D eigenvalue weighted by atomic mass is 9.95. The van der Waals surface area contributed by atoms with Gasteiger partial charge in [0.1, 0.15) is 5.54 Å². The average Bonchev–Trinajstić information content (AvgIpc) is 2.47. The number of nitrogens with zero attached hydrogens (tertiary/aromatic N) is 2. The maximum Gasteiger partial charge on any atom is 0.325 e. The molecule has 6 heteroatoms. The first-order valence-electron chi connectivity index (χ1n) is 6.70. The van der Waals surface area contributed by atoms with Crippen LogP contribution in [0.4, 0.5) is 0 Å². The van der Waals surface area contributed by atoms with Gasteiger partial charge in [0.2, 0.25) is 0 Å². The average molecular weight is 297 g/mol. The number of aryl methyl sites for hydroxylation is 1. The maximum atomic E-state index is 11.7. The molecule has 0 amide bonds. The molecule has 1 rings (SSSR count). The number of methoxy groups -OCH3 is 1. The van der Waals surface area contributed by atoms with Gasteiger partial charge in [0.15, 0.2) is 5.16 Å². The number of likely N-dealkylation sites (N-methyl/N-ethyl adjacent to an activating group) is 1. The van der Waals surface area contributed by atoms with Crippen LogP contribution < -0.4 is 5.32 Å². The Morgan fingerprint density at radius 1 is 1.40 bits per heavy atom. The summed E-state index contributed by atoms with van der Waals surface area (Å²) in [6, 6.07) is 0. The summed E-state index contributed by atoms with van der Waals surface area (Å²) in [5, 5.41) is 3.84. The summed E-state index contributed by atoms with van der Waals surface area (Å²) in [4.78, 5) is 20.2. The Kier molecular flexibility index (Phi) is 6.95. The van der Waals surface area contributed by atoms with Crippen molar-refractivity contribution in [1.82, 2.24) is 15.3 Å². The quantitative estimate of drug-likeness (QED) is 0.343. The fourth-order valence-electron chi connectivity index (χ4n) is 1.75. The van der Waals surface area contributed by atoms with Crippen molar-refractivity contribution in [2.45, 2.75) is 43.8 Å². The molecule has 1 aromatic rings. The number of carbonyl (C=O) groups is 1. The molecule has 0 aromatic carbocycles. The van der Waals surface area contributed by atoms with E-state index < -0.39 is 5.54 Å². The van der Waals surface area contributed by atoms with Gasteiger partial charge >= 0.3 is 5.97 Å². The van der Waals surface area contributed by atoms with Crippen LogP contribution in [0.2, 0.25) is 0 Å². The Bertz CT molecular complexity index is 425. The fourth-order valence-corrected chi connectivity index (χ4v) is 2.54. The standard InChI is InChI=1S/C14H23N3O2S/c1-11-9-16-13(17-10-11)20-8-6-5-7-14(2,15-3)12(18)19-4/h9-10,15H,5-8H2,1-4H3. The molecule has 20 heavy (non-hydrogen) atoms. The molecule has 1 heterocycles. The molecule has 0 saturated carbocycles. The summed E-state index contributed by atoms with van der Waals surface area (Å²) >= 11 is 1.64. The zero-order valence-electron chi connectivity index (χ0n) is 12.6. The van der Waals surface area contributed by atoms with E-state index in [1.807, 2.05) is 26.2 Å². The Hall–Kier alpha value is -1.14. The molecule has 0 spiro atoms. The first-order chi connectivity index (χ1) is 9.51. The van der Waals surface area contributed by atoms with Gasteiger partial charge in [0.25, 0.3) is 0 Å². The summed E-state index contributed by atoms with van der Waals surface area (Å²) in [5.41, 5.74) is 0.469. The van der Waals surface area contributed by atoms with Crippen LogP contribution in [0.15, 0.2) is 17.6 Å². The van der Waals surface area contributed by atoms with E-state index in [-0.39, 0.29) is 5.97 Å². The van der Waals surface area contributed by atoms with Crippen molar-refractivity contribution < 1.29 is 9.53 Å². The van der Waals surface area contributed by atoms with Crippen LogP contribution in [0.3, 0.4) is 0 Å². The lowest BCUT2D eigenvalue weighted by Crippen LogP contribution is -2.48. The van der Waals surface area contributed by atoms with E-state index in [1.54, 1.807) is 18.8 Å². The number of hydrogen-bond donors (Lipinski definition) is 1. The van der Waals surface area contributed by atoms with Crippen molar-refractivity contribution in [3.8, 4) is 0 Å². The molecule has 0 aliphatic carbocycles. The van der Waals surface area contributed by atoms with E-state index in [2.05, 4.69) is 15.3 Å². The van der Waals surface area contributed by atoms with Crippen molar-refractivity contribution in [3.63, 3.8) is 0 Å². The van der Waals surface area contributed by atoms with Gasteiger partial charge in [-0.3, -0.25) is 4.79 Å². The first kappa shape index (κ1) is 16.9. The van der Waals surface area contributed by atoms with Gasteiger partial charge in [-0.2, -0.15) is 0 Å². The number of hydrogen-bond acceptors (Lipinski definition) is 6. The highest BCUT2D eigenvalue weighted by Gasteiger charge is 2.31. The molecule has 1 N–H and O–H groups in total. The molecule has 1 atom stereocenters. The summed E-state index contributed by atoms with van der Waals surface area (Å²) in [6.45, 7) is 3.84. The van der Waals surface area contributed by atoms with Crippen LogP contribution in [-0.4, -0.2) is 41.4 Å². The molecular weight excluding hydrogens is 274 g/mol. The topological polar surface area (TPSA) is 64.1 Å². The number of esters is 1. The number of ether oxygens (including phenoxy) is 1. The number of aromatic nitrogens is 2. The Balaban J connectivity index is 2.27. The molecule has 0 fully saturated rings. The van der Waals surface area contributed by atoms with Gasteiger partial charge in [0.05, 0.1) is 7.11 Å². The molecule has 0 aliphatic heterocycles. The van der Waals surface area contributed by atoms with Crippen LogP contribution in [0, 0.1) is 6.92 Å².